The van der Waals surface area contributed by atoms with E-state index in [4.69, 9.17) is 0 Å². The van der Waals surface area contributed by atoms with Crippen molar-refractivity contribution in [1.29, 1.82) is 0 Å². The molecule has 1 heteroatoms. The summed E-state index contributed by atoms with van der Waals surface area (Å²) in [6, 6.07) is 0. The highest BCUT2D eigenvalue weighted by Gasteiger charge is 1.98. The van der Waals surface area contributed by atoms with Crippen molar-refractivity contribution >= 4 is 0 Å². The first-order chi connectivity index (χ1) is 4.81. The van der Waals surface area contributed by atoms with E-state index in [0.717, 1.165) is 19.3 Å². The summed E-state index contributed by atoms with van der Waals surface area (Å²) in [4.78, 5) is 0. The van der Waals surface area contributed by atoms with E-state index in [9.17, 15) is 5.11 Å². The predicted molar refractivity (Wildman–Crippen MR) is 43.6 cm³/mol. The number of unbranched alkanes of at least 4 members (excludes halogenated alkanes) is 1. The van der Waals surface area contributed by atoms with E-state index in [1.165, 1.54) is 0 Å². The Morgan fingerprint density at radius 1 is 1.50 bits per heavy atom. The number of hydrogen-bond donors (Lipinski definition) is 1. The Morgan fingerprint density at radius 3 is 2.70 bits per heavy atom. The normalized spacial score (nSPS) is 11.9. The van der Waals surface area contributed by atoms with Gasteiger partial charge in [-0.2, -0.15) is 0 Å². The lowest BCUT2D eigenvalue weighted by atomic mass is 10.1. The molecule has 0 aliphatic heterocycles. The molecule has 0 radical (unpaired) electrons. The molecule has 58 valence electrons. The van der Waals surface area contributed by atoms with Crippen molar-refractivity contribution < 1.29 is 5.11 Å². The molecule has 0 aromatic carbocycles. The highest BCUT2D eigenvalue weighted by molar-refractivity contribution is 4.96. The average molecular weight is 140 g/mol. The minimum absolute atomic E-state index is 0.201. The summed E-state index contributed by atoms with van der Waals surface area (Å²) in [5, 5.41) is 9.21. The van der Waals surface area contributed by atoms with Gasteiger partial charge in [0.1, 0.15) is 0 Å². The number of aliphatic hydroxyl groups is 1. The fraction of sp³-hybridized carbons (Fsp3) is 0.778. The zero-order chi connectivity index (χ0) is 7.82. The van der Waals surface area contributed by atoms with Crippen LogP contribution >= 0.6 is 0 Å². The van der Waals surface area contributed by atoms with Gasteiger partial charge in [-0.25, -0.2) is 0 Å². The molecule has 1 unspecified atom stereocenters. The van der Waals surface area contributed by atoms with Crippen LogP contribution in [0.2, 0.25) is 0 Å². The summed E-state index contributed by atoms with van der Waals surface area (Å²) in [7, 11) is 0. The fourth-order valence-electron chi connectivity index (χ4n) is 0.762. The van der Waals surface area contributed by atoms with Gasteiger partial charge in [0.2, 0.25) is 0 Å². The van der Waals surface area contributed by atoms with Crippen molar-refractivity contribution in [2.24, 2.45) is 0 Å². The van der Waals surface area contributed by atoms with Crippen molar-refractivity contribution in [3.05, 3.63) is 0 Å². The van der Waals surface area contributed by atoms with Gasteiger partial charge in [-0.1, -0.05) is 19.8 Å². The van der Waals surface area contributed by atoms with Crippen LogP contribution in [-0.2, 0) is 0 Å². The van der Waals surface area contributed by atoms with E-state index in [0.29, 0.717) is 6.42 Å². The molecule has 0 spiro atoms. The summed E-state index contributed by atoms with van der Waals surface area (Å²) in [5.41, 5.74) is 0. The molecule has 0 heterocycles. The van der Waals surface area contributed by atoms with Gasteiger partial charge in [-0.05, 0) is 13.3 Å². The first kappa shape index (κ1) is 9.52. The molecular formula is C9H16O. The lowest BCUT2D eigenvalue weighted by Crippen LogP contribution is -2.03. The second kappa shape index (κ2) is 6.64. The Morgan fingerprint density at radius 2 is 2.20 bits per heavy atom. The SMILES string of the molecule is CC#CCC(O)CCCC. The summed E-state index contributed by atoms with van der Waals surface area (Å²) >= 11 is 0. The van der Waals surface area contributed by atoms with Crippen LogP contribution < -0.4 is 0 Å². The first-order valence-corrected chi connectivity index (χ1v) is 3.89. The minimum Gasteiger partial charge on any atom is -0.392 e. The van der Waals surface area contributed by atoms with Crippen LogP contribution in [0.3, 0.4) is 0 Å². The second-order valence-corrected chi connectivity index (χ2v) is 2.43. The lowest BCUT2D eigenvalue weighted by molar-refractivity contribution is 0.167. The molecule has 1 nitrogen and oxygen atoms in total. The molecule has 0 amide bonds. The Bertz CT molecular complexity index is 118. The van der Waals surface area contributed by atoms with Gasteiger partial charge >= 0.3 is 0 Å². The quantitative estimate of drug-likeness (QED) is 0.592. The van der Waals surface area contributed by atoms with E-state index >= 15 is 0 Å². The van der Waals surface area contributed by atoms with Gasteiger partial charge < -0.3 is 5.11 Å². The molecule has 0 aliphatic rings. The van der Waals surface area contributed by atoms with Gasteiger partial charge in [-0.15, -0.1) is 11.8 Å². The van der Waals surface area contributed by atoms with E-state index in [-0.39, 0.29) is 6.10 Å². The van der Waals surface area contributed by atoms with Crippen LogP contribution in [0.1, 0.15) is 39.5 Å². The zero-order valence-corrected chi connectivity index (χ0v) is 6.85. The van der Waals surface area contributed by atoms with Gasteiger partial charge in [0.25, 0.3) is 0 Å². The minimum atomic E-state index is -0.201. The third kappa shape index (κ3) is 5.65. The lowest BCUT2D eigenvalue weighted by Gasteiger charge is -2.03. The third-order valence-corrected chi connectivity index (χ3v) is 1.41. The Kier molecular flexibility index (Phi) is 6.32. The van der Waals surface area contributed by atoms with E-state index in [1.807, 2.05) is 0 Å². The predicted octanol–water partition coefficient (Wildman–Crippen LogP) is 1.95. The molecule has 0 aromatic heterocycles. The van der Waals surface area contributed by atoms with Crippen molar-refractivity contribution in [2.45, 2.75) is 45.6 Å². The maximum absolute atomic E-state index is 9.21. The van der Waals surface area contributed by atoms with Crippen LogP contribution in [0.5, 0.6) is 0 Å². The zero-order valence-electron chi connectivity index (χ0n) is 6.85. The monoisotopic (exact) mass is 140 g/mol. The van der Waals surface area contributed by atoms with E-state index < -0.39 is 0 Å². The standard InChI is InChI=1S/C9H16O/c1-3-5-7-9(10)8-6-4-2/h9-10H,3,5,7-8H2,1-2H3. The molecule has 0 rings (SSSR count). The molecule has 1 atom stereocenters. The fourth-order valence-corrected chi connectivity index (χ4v) is 0.762. The topological polar surface area (TPSA) is 20.2 Å². The summed E-state index contributed by atoms with van der Waals surface area (Å²) in [5.74, 6) is 5.62. The van der Waals surface area contributed by atoms with Crippen LogP contribution in [0, 0.1) is 11.8 Å². The molecule has 0 saturated heterocycles. The average Bonchev–Trinajstić information content (AvgIpc) is 1.97. The van der Waals surface area contributed by atoms with Crippen molar-refractivity contribution in [2.75, 3.05) is 0 Å². The van der Waals surface area contributed by atoms with E-state index in [2.05, 4.69) is 18.8 Å². The van der Waals surface area contributed by atoms with Crippen molar-refractivity contribution in [3.8, 4) is 11.8 Å². The largest absolute Gasteiger partial charge is 0.392 e. The van der Waals surface area contributed by atoms with Crippen LogP contribution in [0.15, 0.2) is 0 Å². The van der Waals surface area contributed by atoms with Crippen LogP contribution in [0.4, 0.5) is 0 Å². The van der Waals surface area contributed by atoms with Crippen molar-refractivity contribution in [3.63, 3.8) is 0 Å². The molecule has 1 N–H and O–H groups in total. The first-order valence-electron chi connectivity index (χ1n) is 3.89. The molecule has 0 bridgehead atoms. The maximum Gasteiger partial charge on any atom is 0.0649 e. The molecule has 10 heavy (non-hydrogen) atoms. The summed E-state index contributed by atoms with van der Waals surface area (Å²) < 4.78 is 0. The number of aliphatic hydroxyl groups excluding tert-OH is 1. The highest BCUT2D eigenvalue weighted by Crippen LogP contribution is 2.02. The molecule has 0 aliphatic carbocycles. The molecule has 0 saturated carbocycles. The van der Waals surface area contributed by atoms with Crippen LogP contribution in [0.25, 0.3) is 0 Å². The highest BCUT2D eigenvalue weighted by atomic mass is 16.3. The molecule has 0 aromatic rings. The van der Waals surface area contributed by atoms with E-state index in [1.54, 1.807) is 6.92 Å². The Labute approximate surface area is 63.5 Å². The smallest absolute Gasteiger partial charge is 0.0649 e. The second-order valence-electron chi connectivity index (χ2n) is 2.43. The van der Waals surface area contributed by atoms with Gasteiger partial charge in [0, 0.05) is 6.42 Å². The van der Waals surface area contributed by atoms with Gasteiger partial charge in [0.15, 0.2) is 0 Å². The summed E-state index contributed by atoms with van der Waals surface area (Å²) in [6.07, 6.45) is 3.58. The molecule has 0 fully saturated rings. The Balaban J connectivity index is 3.21. The Hall–Kier alpha value is -0.480. The summed E-state index contributed by atoms with van der Waals surface area (Å²) in [6.45, 7) is 3.92. The molecular weight excluding hydrogens is 124 g/mol. The van der Waals surface area contributed by atoms with Gasteiger partial charge in [0.05, 0.1) is 6.10 Å². The number of hydrogen-bond acceptors (Lipinski definition) is 1. The maximum atomic E-state index is 9.21. The van der Waals surface area contributed by atoms with Gasteiger partial charge in [-0.3, -0.25) is 0 Å². The van der Waals surface area contributed by atoms with Crippen molar-refractivity contribution in [1.82, 2.24) is 0 Å². The third-order valence-electron chi connectivity index (χ3n) is 1.41. The van der Waals surface area contributed by atoms with Crippen LogP contribution in [-0.4, -0.2) is 11.2 Å². The number of rotatable bonds is 4.